The van der Waals surface area contributed by atoms with E-state index in [2.05, 4.69) is 6.92 Å². The molecule has 1 heterocycles. The van der Waals surface area contributed by atoms with Gasteiger partial charge in [-0.1, -0.05) is 11.6 Å². The molecule has 18 heavy (non-hydrogen) atoms. The average Bonchev–Trinajstić information content (AvgIpc) is 2.73. The Morgan fingerprint density at radius 2 is 2.22 bits per heavy atom. The summed E-state index contributed by atoms with van der Waals surface area (Å²) in [7, 11) is 0. The van der Waals surface area contributed by atoms with Crippen LogP contribution in [0, 0.1) is 6.92 Å². The molecule has 0 saturated carbocycles. The Bertz CT molecular complexity index is 401. The first kappa shape index (κ1) is 13.4. The summed E-state index contributed by atoms with van der Waals surface area (Å²) < 4.78 is 11.5. The molecule has 0 spiro atoms. The van der Waals surface area contributed by atoms with Gasteiger partial charge in [0.15, 0.2) is 0 Å². The van der Waals surface area contributed by atoms with E-state index in [0.717, 1.165) is 29.7 Å². The number of hydrogen-bond donors (Lipinski definition) is 1. The minimum Gasteiger partial charge on any atom is -0.490 e. The average molecular weight is 250 g/mol. The van der Waals surface area contributed by atoms with Crippen LogP contribution in [0.1, 0.15) is 43.9 Å². The molecule has 1 N–H and O–H groups in total. The Kier molecular flexibility index (Phi) is 4.25. The number of aryl methyl sites for hydroxylation is 1. The number of benzene rings is 1. The number of hydrogen-bond acceptors (Lipinski definition) is 3. The Labute approximate surface area is 109 Å². The lowest BCUT2D eigenvalue weighted by Gasteiger charge is -2.17. The van der Waals surface area contributed by atoms with Gasteiger partial charge in [0, 0.05) is 5.56 Å². The highest BCUT2D eigenvalue weighted by Crippen LogP contribution is 2.27. The van der Waals surface area contributed by atoms with E-state index >= 15 is 0 Å². The summed E-state index contributed by atoms with van der Waals surface area (Å²) in [5.41, 5.74) is 1.98. The zero-order chi connectivity index (χ0) is 13.1. The van der Waals surface area contributed by atoms with Gasteiger partial charge in [-0.3, -0.25) is 0 Å². The van der Waals surface area contributed by atoms with E-state index in [4.69, 9.17) is 9.47 Å². The predicted octanol–water partition coefficient (Wildman–Crippen LogP) is 2.99. The molecule has 1 saturated heterocycles. The summed E-state index contributed by atoms with van der Waals surface area (Å²) in [5.74, 6) is 0.763. The molecule has 0 aromatic heterocycles. The van der Waals surface area contributed by atoms with Crippen LogP contribution in [-0.4, -0.2) is 23.9 Å². The second kappa shape index (κ2) is 5.72. The molecule has 1 aliphatic rings. The van der Waals surface area contributed by atoms with Crippen LogP contribution >= 0.6 is 0 Å². The summed E-state index contributed by atoms with van der Waals surface area (Å²) in [4.78, 5) is 0. The van der Waals surface area contributed by atoms with E-state index in [1.54, 1.807) is 6.92 Å². The van der Waals surface area contributed by atoms with E-state index < -0.39 is 6.10 Å². The highest BCUT2D eigenvalue weighted by molar-refractivity contribution is 5.38. The lowest BCUT2D eigenvalue weighted by Crippen LogP contribution is -2.18. The molecule has 3 heteroatoms. The Balaban J connectivity index is 2.00. The fraction of sp³-hybridized carbons (Fsp3) is 0.600. The quantitative estimate of drug-likeness (QED) is 0.892. The highest BCUT2D eigenvalue weighted by atomic mass is 16.5. The molecule has 100 valence electrons. The van der Waals surface area contributed by atoms with Crippen molar-refractivity contribution in [3.05, 3.63) is 29.3 Å². The molecule has 1 aromatic carbocycles. The van der Waals surface area contributed by atoms with Crippen LogP contribution < -0.4 is 4.74 Å². The van der Waals surface area contributed by atoms with Gasteiger partial charge in [0.25, 0.3) is 0 Å². The van der Waals surface area contributed by atoms with Gasteiger partial charge >= 0.3 is 0 Å². The van der Waals surface area contributed by atoms with Crippen molar-refractivity contribution in [1.29, 1.82) is 0 Å². The fourth-order valence-electron chi connectivity index (χ4n) is 2.32. The van der Waals surface area contributed by atoms with E-state index in [1.165, 1.54) is 0 Å². The summed E-state index contributed by atoms with van der Waals surface area (Å²) in [6.45, 7) is 6.42. The van der Waals surface area contributed by atoms with E-state index in [1.807, 2.05) is 25.1 Å². The van der Waals surface area contributed by atoms with Crippen molar-refractivity contribution in [1.82, 2.24) is 0 Å². The first-order valence-corrected chi connectivity index (χ1v) is 6.63. The standard InChI is InChI=1S/C15H22O3/c1-10-4-7-15(14(8-10)12(3)16)17-9-13-6-5-11(2)18-13/h4,7-8,11-13,16H,5-6,9H2,1-3H3. The molecule has 2 rings (SSSR count). The second-order valence-electron chi connectivity index (χ2n) is 5.17. The van der Waals surface area contributed by atoms with Crippen LogP contribution in [0.5, 0.6) is 5.75 Å². The molecule has 0 radical (unpaired) electrons. The van der Waals surface area contributed by atoms with Crippen molar-refractivity contribution in [3.63, 3.8) is 0 Å². The van der Waals surface area contributed by atoms with Crippen molar-refractivity contribution in [2.24, 2.45) is 0 Å². The molecule has 1 aliphatic heterocycles. The summed E-state index contributed by atoms with van der Waals surface area (Å²) >= 11 is 0. The Morgan fingerprint density at radius 3 is 2.83 bits per heavy atom. The molecule has 1 aromatic rings. The van der Waals surface area contributed by atoms with Crippen molar-refractivity contribution in [2.45, 2.75) is 51.9 Å². The van der Waals surface area contributed by atoms with Crippen LogP contribution in [0.3, 0.4) is 0 Å². The largest absolute Gasteiger partial charge is 0.490 e. The van der Waals surface area contributed by atoms with Crippen molar-refractivity contribution in [3.8, 4) is 5.75 Å². The molecule has 3 nitrogen and oxygen atoms in total. The number of aliphatic hydroxyl groups is 1. The van der Waals surface area contributed by atoms with Gasteiger partial charge in [0.1, 0.15) is 12.4 Å². The maximum Gasteiger partial charge on any atom is 0.125 e. The van der Waals surface area contributed by atoms with Crippen molar-refractivity contribution < 1.29 is 14.6 Å². The molecule has 3 unspecified atom stereocenters. The van der Waals surface area contributed by atoms with E-state index in [9.17, 15) is 5.11 Å². The molecule has 1 fully saturated rings. The topological polar surface area (TPSA) is 38.7 Å². The van der Waals surface area contributed by atoms with Crippen LogP contribution in [0.4, 0.5) is 0 Å². The monoisotopic (exact) mass is 250 g/mol. The van der Waals surface area contributed by atoms with Gasteiger partial charge in [-0.05, 0) is 45.7 Å². The molecule has 0 bridgehead atoms. The lowest BCUT2D eigenvalue weighted by atomic mass is 10.1. The van der Waals surface area contributed by atoms with E-state index in [0.29, 0.717) is 12.7 Å². The Hall–Kier alpha value is -1.06. The third kappa shape index (κ3) is 3.24. The number of ether oxygens (including phenoxy) is 2. The van der Waals surface area contributed by atoms with Gasteiger partial charge < -0.3 is 14.6 Å². The second-order valence-corrected chi connectivity index (χ2v) is 5.17. The number of rotatable bonds is 4. The smallest absolute Gasteiger partial charge is 0.125 e. The van der Waals surface area contributed by atoms with Crippen LogP contribution in [0.2, 0.25) is 0 Å². The summed E-state index contributed by atoms with van der Waals surface area (Å²) in [5, 5.41) is 9.75. The number of aliphatic hydroxyl groups excluding tert-OH is 1. The minimum atomic E-state index is -0.511. The molecule has 0 amide bonds. The van der Waals surface area contributed by atoms with Gasteiger partial charge in [0.2, 0.25) is 0 Å². The van der Waals surface area contributed by atoms with Gasteiger partial charge in [-0.2, -0.15) is 0 Å². The molecule has 3 atom stereocenters. The third-order valence-corrected chi connectivity index (χ3v) is 3.36. The van der Waals surface area contributed by atoms with Crippen LogP contribution in [0.25, 0.3) is 0 Å². The normalized spacial score (nSPS) is 25.1. The first-order chi connectivity index (χ1) is 8.56. The predicted molar refractivity (Wildman–Crippen MR) is 70.9 cm³/mol. The van der Waals surface area contributed by atoms with Crippen molar-refractivity contribution >= 4 is 0 Å². The SMILES string of the molecule is Cc1ccc(OCC2CCC(C)O2)c(C(C)O)c1. The molecular formula is C15H22O3. The lowest BCUT2D eigenvalue weighted by molar-refractivity contribution is 0.0256. The molecule has 0 aliphatic carbocycles. The van der Waals surface area contributed by atoms with Gasteiger partial charge in [-0.25, -0.2) is 0 Å². The summed E-state index contributed by atoms with van der Waals surface area (Å²) in [6.07, 6.45) is 2.17. The zero-order valence-corrected chi connectivity index (χ0v) is 11.3. The van der Waals surface area contributed by atoms with Crippen LogP contribution in [-0.2, 0) is 4.74 Å². The van der Waals surface area contributed by atoms with Gasteiger partial charge in [0.05, 0.1) is 18.3 Å². The highest BCUT2D eigenvalue weighted by Gasteiger charge is 2.22. The first-order valence-electron chi connectivity index (χ1n) is 6.63. The zero-order valence-electron chi connectivity index (χ0n) is 11.3. The summed E-state index contributed by atoms with van der Waals surface area (Å²) in [6, 6.07) is 5.90. The minimum absolute atomic E-state index is 0.183. The van der Waals surface area contributed by atoms with Gasteiger partial charge in [-0.15, -0.1) is 0 Å². The fourth-order valence-corrected chi connectivity index (χ4v) is 2.32. The molecular weight excluding hydrogens is 228 g/mol. The maximum absolute atomic E-state index is 9.75. The van der Waals surface area contributed by atoms with Crippen molar-refractivity contribution in [2.75, 3.05) is 6.61 Å². The van der Waals surface area contributed by atoms with Crippen LogP contribution in [0.15, 0.2) is 18.2 Å². The maximum atomic E-state index is 9.75. The van der Waals surface area contributed by atoms with E-state index in [-0.39, 0.29) is 6.10 Å². The third-order valence-electron chi connectivity index (χ3n) is 3.36. The Morgan fingerprint density at radius 1 is 1.44 bits per heavy atom.